The lowest BCUT2D eigenvalue weighted by Gasteiger charge is -2.46. The topological polar surface area (TPSA) is 43.8 Å². The van der Waals surface area contributed by atoms with E-state index >= 15 is 0 Å². The number of hydrogen-bond acceptors (Lipinski definition) is 2. The number of piperidine rings is 1. The van der Waals surface area contributed by atoms with Crippen molar-refractivity contribution in [3.8, 4) is 0 Å². The molecule has 2 fully saturated rings. The van der Waals surface area contributed by atoms with Crippen LogP contribution in [0.15, 0.2) is 30.3 Å². The molecule has 1 unspecified atom stereocenters. The zero-order valence-electron chi connectivity index (χ0n) is 12.5. The number of carboxylic acid groups (broad SMARTS) is 1. The van der Waals surface area contributed by atoms with E-state index < -0.39 is 6.09 Å². The molecule has 1 aromatic carbocycles. The van der Waals surface area contributed by atoms with Crippen molar-refractivity contribution in [1.82, 2.24) is 9.80 Å². The highest BCUT2D eigenvalue weighted by Gasteiger charge is 2.35. The highest BCUT2D eigenvalue weighted by molar-refractivity contribution is 6.30. The Morgan fingerprint density at radius 3 is 2.95 bits per heavy atom. The van der Waals surface area contributed by atoms with Gasteiger partial charge in [-0.1, -0.05) is 35.9 Å². The van der Waals surface area contributed by atoms with Gasteiger partial charge in [0.15, 0.2) is 0 Å². The van der Waals surface area contributed by atoms with Crippen LogP contribution in [0.3, 0.4) is 0 Å². The number of halogens is 1. The second kappa shape index (κ2) is 6.71. The van der Waals surface area contributed by atoms with Gasteiger partial charge in [-0.2, -0.15) is 0 Å². The van der Waals surface area contributed by atoms with Crippen LogP contribution in [-0.2, 0) is 0 Å². The molecule has 2 atom stereocenters. The Morgan fingerprint density at radius 2 is 2.18 bits per heavy atom. The van der Waals surface area contributed by atoms with Crippen LogP contribution in [0.5, 0.6) is 0 Å². The van der Waals surface area contributed by atoms with Gasteiger partial charge in [-0.25, -0.2) is 4.79 Å². The normalized spacial score (nSPS) is 26.1. The average Bonchev–Trinajstić information content (AvgIpc) is 2.52. The first-order valence-electron chi connectivity index (χ1n) is 7.81. The van der Waals surface area contributed by atoms with Gasteiger partial charge in [0, 0.05) is 36.7 Å². The molecule has 0 radical (unpaired) electrons. The smallest absolute Gasteiger partial charge is 0.407 e. The van der Waals surface area contributed by atoms with Crippen LogP contribution in [0.1, 0.15) is 24.8 Å². The third kappa shape index (κ3) is 3.45. The van der Waals surface area contributed by atoms with Gasteiger partial charge in [0.25, 0.3) is 0 Å². The summed E-state index contributed by atoms with van der Waals surface area (Å²) in [5, 5.41) is 9.90. The lowest BCUT2D eigenvalue weighted by molar-refractivity contribution is 0.0287. The Morgan fingerprint density at radius 1 is 1.32 bits per heavy atom. The zero-order chi connectivity index (χ0) is 15.5. The first-order chi connectivity index (χ1) is 10.6. The fourth-order valence-electron chi connectivity index (χ4n) is 3.50. The minimum Gasteiger partial charge on any atom is -0.465 e. The molecule has 118 valence electrons. The summed E-state index contributed by atoms with van der Waals surface area (Å²) in [7, 11) is 0. The van der Waals surface area contributed by atoms with Gasteiger partial charge in [0.05, 0.1) is 0 Å². The number of rotatable bonds is 2. The molecule has 2 aliphatic rings. The summed E-state index contributed by atoms with van der Waals surface area (Å²) in [5.74, 6) is 0. The van der Waals surface area contributed by atoms with Gasteiger partial charge in [0.2, 0.25) is 0 Å². The fraction of sp³-hybridized carbons (Fsp3) is 0.471. The number of piperazine rings is 1. The molecule has 3 rings (SSSR count). The number of amides is 1. The molecule has 2 aliphatic heterocycles. The van der Waals surface area contributed by atoms with Gasteiger partial charge < -0.3 is 10.0 Å². The second-order valence-electron chi connectivity index (χ2n) is 6.03. The second-order valence-corrected chi connectivity index (χ2v) is 6.47. The van der Waals surface area contributed by atoms with Crippen LogP contribution in [0, 0.1) is 0 Å². The maximum absolute atomic E-state index is 11.1. The van der Waals surface area contributed by atoms with E-state index in [1.165, 1.54) is 0 Å². The van der Waals surface area contributed by atoms with Gasteiger partial charge in [0.1, 0.15) is 0 Å². The van der Waals surface area contributed by atoms with E-state index in [2.05, 4.69) is 17.1 Å². The van der Waals surface area contributed by atoms with Gasteiger partial charge in [-0.05, 0) is 37.0 Å². The standard InChI is InChI=1S/C17H21ClN2O2/c18-14-4-1-3-13(11-14)7-8-15-5-2-6-16-12-19(17(21)22)9-10-20(15)16/h1,3-4,7-8,11,15-16H,2,5-6,9-10,12H2,(H,21,22)/t15?,16-/m0/s1. The van der Waals surface area contributed by atoms with Crippen LogP contribution >= 0.6 is 11.6 Å². The minimum atomic E-state index is -0.795. The summed E-state index contributed by atoms with van der Waals surface area (Å²) in [6.45, 7) is 2.06. The molecule has 4 nitrogen and oxygen atoms in total. The highest BCUT2D eigenvalue weighted by Crippen LogP contribution is 2.27. The molecule has 2 saturated heterocycles. The van der Waals surface area contributed by atoms with E-state index in [4.69, 9.17) is 16.7 Å². The van der Waals surface area contributed by atoms with Crippen molar-refractivity contribution < 1.29 is 9.90 Å². The monoisotopic (exact) mass is 320 g/mol. The third-order valence-electron chi connectivity index (χ3n) is 4.62. The number of benzene rings is 1. The molecule has 1 N–H and O–H groups in total. The Labute approximate surface area is 136 Å². The van der Waals surface area contributed by atoms with Crippen LogP contribution < -0.4 is 0 Å². The summed E-state index contributed by atoms with van der Waals surface area (Å²) >= 11 is 6.02. The minimum absolute atomic E-state index is 0.354. The van der Waals surface area contributed by atoms with E-state index in [1.807, 2.05) is 24.3 Å². The van der Waals surface area contributed by atoms with Gasteiger partial charge in [-0.15, -0.1) is 0 Å². The maximum atomic E-state index is 11.1. The van der Waals surface area contributed by atoms with E-state index in [0.717, 1.165) is 36.4 Å². The van der Waals surface area contributed by atoms with Crippen LogP contribution in [0.4, 0.5) is 4.79 Å². The van der Waals surface area contributed by atoms with Crippen molar-refractivity contribution in [1.29, 1.82) is 0 Å². The van der Waals surface area contributed by atoms with E-state index in [-0.39, 0.29) is 0 Å². The zero-order valence-corrected chi connectivity index (χ0v) is 13.2. The van der Waals surface area contributed by atoms with E-state index in [1.54, 1.807) is 4.90 Å². The van der Waals surface area contributed by atoms with Crippen molar-refractivity contribution in [3.63, 3.8) is 0 Å². The van der Waals surface area contributed by atoms with Crippen molar-refractivity contribution in [2.24, 2.45) is 0 Å². The fourth-order valence-corrected chi connectivity index (χ4v) is 3.70. The Bertz CT molecular complexity index is 576. The van der Waals surface area contributed by atoms with Gasteiger partial charge >= 0.3 is 6.09 Å². The molecule has 2 heterocycles. The number of hydrogen-bond donors (Lipinski definition) is 1. The molecule has 22 heavy (non-hydrogen) atoms. The summed E-state index contributed by atoms with van der Waals surface area (Å²) in [6.07, 6.45) is 6.96. The molecule has 1 amide bonds. The average molecular weight is 321 g/mol. The Hall–Kier alpha value is -1.52. The van der Waals surface area contributed by atoms with E-state index in [0.29, 0.717) is 25.2 Å². The van der Waals surface area contributed by atoms with Crippen molar-refractivity contribution >= 4 is 23.8 Å². The predicted octanol–water partition coefficient (Wildman–Crippen LogP) is 3.57. The third-order valence-corrected chi connectivity index (χ3v) is 4.86. The highest BCUT2D eigenvalue weighted by atomic mass is 35.5. The number of carbonyl (C=O) groups is 1. The van der Waals surface area contributed by atoms with Crippen molar-refractivity contribution in [2.45, 2.75) is 31.3 Å². The molecular formula is C17H21ClN2O2. The SMILES string of the molecule is O=C(O)N1CCN2C(C=Cc3cccc(Cl)c3)CCC[C@H]2C1. The lowest BCUT2D eigenvalue weighted by atomic mass is 9.93. The molecular weight excluding hydrogens is 300 g/mol. The molecule has 0 aromatic heterocycles. The molecule has 5 heteroatoms. The largest absolute Gasteiger partial charge is 0.465 e. The van der Waals surface area contributed by atoms with Crippen molar-refractivity contribution in [3.05, 3.63) is 40.9 Å². The predicted molar refractivity (Wildman–Crippen MR) is 88.2 cm³/mol. The van der Waals surface area contributed by atoms with Crippen LogP contribution in [0.2, 0.25) is 5.02 Å². The van der Waals surface area contributed by atoms with Crippen molar-refractivity contribution in [2.75, 3.05) is 19.6 Å². The molecule has 0 bridgehead atoms. The van der Waals surface area contributed by atoms with Gasteiger partial charge in [-0.3, -0.25) is 4.90 Å². The van der Waals surface area contributed by atoms with Crippen LogP contribution in [-0.4, -0.2) is 52.7 Å². The first kappa shape index (κ1) is 15.4. The molecule has 0 aliphatic carbocycles. The molecule has 0 spiro atoms. The summed E-state index contributed by atoms with van der Waals surface area (Å²) in [4.78, 5) is 15.1. The Kier molecular flexibility index (Phi) is 4.69. The van der Waals surface area contributed by atoms with Crippen LogP contribution in [0.25, 0.3) is 6.08 Å². The lowest BCUT2D eigenvalue weighted by Crippen LogP contribution is -2.58. The summed E-state index contributed by atoms with van der Waals surface area (Å²) < 4.78 is 0. The molecule has 0 saturated carbocycles. The summed E-state index contributed by atoms with van der Waals surface area (Å²) in [5.41, 5.74) is 1.11. The number of nitrogens with zero attached hydrogens (tertiary/aromatic N) is 2. The maximum Gasteiger partial charge on any atom is 0.407 e. The summed E-state index contributed by atoms with van der Waals surface area (Å²) in [6, 6.07) is 8.59. The molecule has 1 aromatic rings. The Balaban J connectivity index is 1.68. The quantitative estimate of drug-likeness (QED) is 0.906. The first-order valence-corrected chi connectivity index (χ1v) is 8.18. The van der Waals surface area contributed by atoms with E-state index in [9.17, 15) is 4.79 Å². The number of fused-ring (bicyclic) bond motifs is 1.